The average Bonchev–Trinajstić information content (AvgIpc) is 3.13. The van der Waals surface area contributed by atoms with Crippen LogP contribution >= 0.6 is 15.9 Å². The molecule has 0 saturated heterocycles. The maximum atomic E-state index is 12.4. The molecular formula is C16H14BrN5O. The Hall–Kier alpha value is -2.28. The van der Waals surface area contributed by atoms with Crippen molar-refractivity contribution in [2.75, 3.05) is 0 Å². The van der Waals surface area contributed by atoms with Crippen LogP contribution in [-0.2, 0) is 6.54 Å². The average molecular weight is 372 g/mol. The second-order valence-corrected chi connectivity index (χ2v) is 6.40. The van der Waals surface area contributed by atoms with Gasteiger partial charge in [-0.3, -0.25) is 9.36 Å². The summed E-state index contributed by atoms with van der Waals surface area (Å²) >= 11 is 3.51. The number of carbonyl (C=O) groups is 1. The van der Waals surface area contributed by atoms with Gasteiger partial charge in [-0.2, -0.15) is 5.10 Å². The minimum absolute atomic E-state index is 0.0727. The smallest absolute Gasteiger partial charge is 0.183 e. The van der Waals surface area contributed by atoms with E-state index in [0.717, 1.165) is 33.7 Å². The van der Waals surface area contributed by atoms with Crippen LogP contribution in [0.5, 0.6) is 0 Å². The van der Waals surface area contributed by atoms with E-state index in [1.54, 1.807) is 12.7 Å². The number of nitrogens with zero attached hydrogens (tertiary/aromatic N) is 5. The number of fused-ring (bicyclic) bond motifs is 5. The van der Waals surface area contributed by atoms with E-state index in [1.807, 2.05) is 34.4 Å². The minimum atomic E-state index is 0.0727. The van der Waals surface area contributed by atoms with Gasteiger partial charge in [0.15, 0.2) is 11.6 Å². The first-order valence-electron chi connectivity index (χ1n) is 7.46. The van der Waals surface area contributed by atoms with Crippen molar-refractivity contribution in [2.24, 2.45) is 0 Å². The first-order chi connectivity index (χ1) is 11.2. The molecule has 0 saturated carbocycles. The summed E-state index contributed by atoms with van der Waals surface area (Å²) in [6.07, 6.45) is 4.57. The van der Waals surface area contributed by atoms with Crippen LogP contribution in [0.15, 0.2) is 35.3 Å². The highest BCUT2D eigenvalue weighted by Gasteiger charge is 2.25. The highest BCUT2D eigenvalue weighted by molar-refractivity contribution is 9.10. The van der Waals surface area contributed by atoms with Gasteiger partial charge in [-0.1, -0.05) is 22.9 Å². The molecule has 2 aromatic heterocycles. The Morgan fingerprint density at radius 2 is 2.22 bits per heavy atom. The molecule has 0 bridgehead atoms. The Morgan fingerprint density at radius 1 is 1.35 bits per heavy atom. The second kappa shape index (κ2) is 5.42. The number of Topliss-reactive ketones (excluding diaryl/α,β-unsaturated/α-hetero) is 1. The molecule has 7 heteroatoms. The molecule has 0 unspecified atom stereocenters. The molecule has 3 aromatic rings. The second-order valence-electron chi connectivity index (χ2n) is 5.49. The van der Waals surface area contributed by atoms with Gasteiger partial charge in [-0.25, -0.2) is 14.6 Å². The lowest BCUT2D eigenvalue weighted by atomic mass is 10.1. The van der Waals surface area contributed by atoms with E-state index in [9.17, 15) is 4.79 Å². The summed E-state index contributed by atoms with van der Waals surface area (Å²) < 4.78 is 4.76. The van der Waals surface area contributed by atoms with Crippen LogP contribution in [0.25, 0.3) is 17.1 Å². The van der Waals surface area contributed by atoms with Gasteiger partial charge >= 0.3 is 0 Å². The fraction of sp³-hybridized carbons (Fsp3) is 0.250. The molecule has 0 aliphatic carbocycles. The third kappa shape index (κ3) is 2.23. The summed E-state index contributed by atoms with van der Waals surface area (Å²) in [6.45, 7) is 2.47. The van der Waals surface area contributed by atoms with Crippen molar-refractivity contribution in [3.05, 3.63) is 46.7 Å². The maximum absolute atomic E-state index is 12.4. The van der Waals surface area contributed by atoms with Crippen molar-refractivity contribution < 1.29 is 4.79 Å². The predicted octanol–water partition coefficient (Wildman–Crippen LogP) is 3.24. The molecule has 0 radical (unpaired) electrons. The van der Waals surface area contributed by atoms with Gasteiger partial charge in [0.2, 0.25) is 0 Å². The van der Waals surface area contributed by atoms with Crippen LogP contribution in [-0.4, -0.2) is 30.1 Å². The summed E-state index contributed by atoms with van der Waals surface area (Å²) in [5.41, 5.74) is 3.31. The summed E-state index contributed by atoms with van der Waals surface area (Å²) in [4.78, 5) is 21.1. The van der Waals surface area contributed by atoms with E-state index >= 15 is 0 Å². The number of hydrogen-bond acceptors (Lipinski definition) is 4. The fourth-order valence-corrected chi connectivity index (χ4v) is 3.30. The van der Waals surface area contributed by atoms with Gasteiger partial charge in [0, 0.05) is 16.5 Å². The Bertz CT molecular complexity index is 911. The molecule has 116 valence electrons. The lowest BCUT2D eigenvalue weighted by molar-refractivity contribution is 0.0976. The Labute approximate surface area is 141 Å². The summed E-state index contributed by atoms with van der Waals surface area (Å²) in [5, 5.41) is 4.31. The number of carbonyl (C=O) groups excluding carboxylic acids is 1. The van der Waals surface area contributed by atoms with E-state index in [-0.39, 0.29) is 5.78 Å². The standard InChI is InChI=1S/C16H14BrN5O/c1-2-3-14(23)15-13-7-22-16(18-8-20-22)11-6-10(17)4-5-12(11)21(13)9-19-15/h4-6,8-9H,2-3,7H2,1H3. The summed E-state index contributed by atoms with van der Waals surface area (Å²) in [7, 11) is 0. The predicted molar refractivity (Wildman–Crippen MR) is 88.6 cm³/mol. The number of benzene rings is 1. The number of hydrogen-bond donors (Lipinski definition) is 0. The molecule has 0 N–H and O–H groups in total. The van der Waals surface area contributed by atoms with Crippen LogP contribution in [0, 0.1) is 0 Å². The molecule has 0 spiro atoms. The zero-order chi connectivity index (χ0) is 16.0. The van der Waals surface area contributed by atoms with Gasteiger partial charge in [0.05, 0.1) is 17.9 Å². The first kappa shape index (κ1) is 14.3. The molecule has 0 atom stereocenters. The lowest BCUT2D eigenvalue weighted by Crippen LogP contribution is -2.10. The molecular weight excluding hydrogens is 358 g/mol. The van der Waals surface area contributed by atoms with Crippen LogP contribution < -0.4 is 0 Å². The molecule has 4 rings (SSSR count). The van der Waals surface area contributed by atoms with Gasteiger partial charge in [0.25, 0.3) is 0 Å². The molecule has 23 heavy (non-hydrogen) atoms. The van der Waals surface area contributed by atoms with Gasteiger partial charge < -0.3 is 0 Å². The van der Waals surface area contributed by atoms with E-state index in [4.69, 9.17) is 0 Å². The van der Waals surface area contributed by atoms with Crippen molar-refractivity contribution in [3.8, 4) is 17.1 Å². The molecule has 0 fully saturated rings. The SMILES string of the molecule is CCCC(=O)c1ncn2c1Cn1ncnc1-c1cc(Br)ccc1-2. The van der Waals surface area contributed by atoms with Crippen LogP contribution in [0.3, 0.4) is 0 Å². The van der Waals surface area contributed by atoms with Crippen LogP contribution in [0.1, 0.15) is 35.9 Å². The number of aromatic nitrogens is 5. The van der Waals surface area contributed by atoms with Gasteiger partial charge in [-0.05, 0) is 24.6 Å². The van der Waals surface area contributed by atoms with Crippen molar-refractivity contribution in [1.29, 1.82) is 0 Å². The van der Waals surface area contributed by atoms with E-state index in [2.05, 4.69) is 31.0 Å². The number of rotatable bonds is 3. The number of imidazole rings is 1. The van der Waals surface area contributed by atoms with Crippen molar-refractivity contribution in [3.63, 3.8) is 0 Å². The molecule has 3 heterocycles. The topological polar surface area (TPSA) is 65.6 Å². The van der Waals surface area contributed by atoms with Gasteiger partial charge in [-0.15, -0.1) is 0 Å². The molecule has 1 aliphatic heterocycles. The maximum Gasteiger partial charge on any atom is 0.183 e. The largest absolute Gasteiger partial charge is 0.300 e. The summed E-state index contributed by atoms with van der Waals surface area (Å²) in [6, 6.07) is 5.99. The Balaban J connectivity index is 1.97. The number of halogens is 1. The Morgan fingerprint density at radius 3 is 3.04 bits per heavy atom. The molecule has 1 aliphatic rings. The van der Waals surface area contributed by atoms with Crippen molar-refractivity contribution in [1.82, 2.24) is 24.3 Å². The van der Waals surface area contributed by atoms with Crippen LogP contribution in [0.2, 0.25) is 0 Å². The third-order valence-electron chi connectivity index (χ3n) is 3.98. The molecule has 6 nitrogen and oxygen atoms in total. The summed E-state index contributed by atoms with van der Waals surface area (Å²) in [5.74, 6) is 0.863. The van der Waals surface area contributed by atoms with E-state index in [1.165, 1.54) is 0 Å². The molecule has 0 amide bonds. The molecule has 1 aromatic carbocycles. The first-order valence-corrected chi connectivity index (χ1v) is 8.26. The fourth-order valence-electron chi connectivity index (χ4n) is 2.94. The lowest BCUT2D eigenvalue weighted by Gasteiger charge is -2.08. The third-order valence-corrected chi connectivity index (χ3v) is 4.47. The number of ketones is 1. The minimum Gasteiger partial charge on any atom is -0.300 e. The zero-order valence-corrected chi connectivity index (χ0v) is 14.1. The monoisotopic (exact) mass is 371 g/mol. The van der Waals surface area contributed by atoms with Crippen molar-refractivity contribution in [2.45, 2.75) is 26.3 Å². The van der Waals surface area contributed by atoms with E-state index in [0.29, 0.717) is 18.7 Å². The highest BCUT2D eigenvalue weighted by Crippen LogP contribution is 2.33. The quantitative estimate of drug-likeness (QED) is 0.518. The zero-order valence-electron chi connectivity index (χ0n) is 12.5. The van der Waals surface area contributed by atoms with Gasteiger partial charge in [0.1, 0.15) is 18.3 Å². The van der Waals surface area contributed by atoms with Crippen LogP contribution in [0.4, 0.5) is 0 Å². The normalized spacial score (nSPS) is 12.3. The van der Waals surface area contributed by atoms with E-state index < -0.39 is 0 Å². The Kier molecular flexibility index (Phi) is 3.37. The highest BCUT2D eigenvalue weighted by atomic mass is 79.9. The van der Waals surface area contributed by atoms with Crippen molar-refractivity contribution >= 4 is 21.7 Å².